The van der Waals surface area contributed by atoms with E-state index in [0.29, 0.717) is 11.3 Å². The van der Waals surface area contributed by atoms with Gasteiger partial charge < -0.3 is 5.11 Å². The summed E-state index contributed by atoms with van der Waals surface area (Å²) in [5.74, 6) is -0.258. The summed E-state index contributed by atoms with van der Waals surface area (Å²) in [7, 11) is 0. The van der Waals surface area contributed by atoms with E-state index in [0.717, 1.165) is 31.2 Å². The van der Waals surface area contributed by atoms with Crippen LogP contribution >= 0.6 is 0 Å². The van der Waals surface area contributed by atoms with Crippen molar-refractivity contribution in [3.05, 3.63) is 51.3 Å². The molecule has 25 heavy (non-hydrogen) atoms. The van der Waals surface area contributed by atoms with Gasteiger partial charge in [0.05, 0.1) is 5.69 Å². The molecular weight excluding hydrogens is 316 g/mol. The maximum Gasteiger partial charge on any atom is 0.281 e. The summed E-state index contributed by atoms with van der Waals surface area (Å²) in [5.41, 5.74) is 1.85. The minimum absolute atomic E-state index is 0.0877. The molecule has 1 aromatic carbocycles. The van der Waals surface area contributed by atoms with Gasteiger partial charge in [0.25, 0.3) is 5.56 Å². The lowest BCUT2D eigenvalue weighted by molar-refractivity contribution is 0.368. The van der Waals surface area contributed by atoms with Crippen LogP contribution in [-0.2, 0) is 0 Å². The highest BCUT2D eigenvalue weighted by Gasteiger charge is 2.26. The summed E-state index contributed by atoms with van der Waals surface area (Å²) in [6.45, 7) is 3.56. The van der Waals surface area contributed by atoms with Crippen molar-refractivity contribution in [1.82, 2.24) is 4.57 Å². The van der Waals surface area contributed by atoms with Gasteiger partial charge in [0.2, 0.25) is 5.88 Å². The molecule has 0 amide bonds. The largest absolute Gasteiger partial charge is 0.493 e. The van der Waals surface area contributed by atoms with Crippen molar-refractivity contribution in [3.8, 4) is 11.9 Å². The molecule has 0 aliphatic heterocycles. The Hall–Kier alpha value is -2.94. The summed E-state index contributed by atoms with van der Waals surface area (Å²) in [5, 5.41) is 28.1. The number of azo groups is 1. The Morgan fingerprint density at radius 2 is 1.96 bits per heavy atom. The SMILES string of the molecule is Cc1cccc(N=Nc2c(C)c(C#N)c(O)n(C3CCCC3)c2=O)c1. The Morgan fingerprint density at radius 3 is 2.60 bits per heavy atom. The Bertz CT molecular complexity index is 932. The summed E-state index contributed by atoms with van der Waals surface area (Å²) in [6, 6.07) is 9.38. The highest BCUT2D eigenvalue weighted by molar-refractivity contribution is 5.57. The lowest BCUT2D eigenvalue weighted by Gasteiger charge is -2.18. The molecule has 128 valence electrons. The number of pyridine rings is 1. The quantitative estimate of drug-likeness (QED) is 0.832. The molecule has 2 aromatic rings. The topological polar surface area (TPSA) is 90.7 Å². The smallest absolute Gasteiger partial charge is 0.281 e. The van der Waals surface area contributed by atoms with E-state index in [2.05, 4.69) is 10.2 Å². The first-order valence-corrected chi connectivity index (χ1v) is 8.39. The van der Waals surface area contributed by atoms with E-state index >= 15 is 0 Å². The van der Waals surface area contributed by atoms with Crippen molar-refractivity contribution in [2.75, 3.05) is 0 Å². The maximum atomic E-state index is 12.9. The number of hydrogen-bond donors (Lipinski definition) is 1. The van der Waals surface area contributed by atoms with Gasteiger partial charge >= 0.3 is 0 Å². The first kappa shape index (κ1) is 16.9. The Labute approximate surface area is 146 Å². The van der Waals surface area contributed by atoms with Crippen LogP contribution in [0.1, 0.15) is 48.4 Å². The molecule has 6 nitrogen and oxygen atoms in total. The summed E-state index contributed by atoms with van der Waals surface area (Å²) in [6.07, 6.45) is 3.64. The number of nitriles is 1. The molecule has 1 saturated carbocycles. The van der Waals surface area contributed by atoms with Crippen molar-refractivity contribution in [1.29, 1.82) is 5.26 Å². The molecule has 3 rings (SSSR count). The summed E-state index contributed by atoms with van der Waals surface area (Å²) in [4.78, 5) is 12.9. The van der Waals surface area contributed by atoms with Gasteiger partial charge in [-0.1, -0.05) is 25.0 Å². The van der Waals surface area contributed by atoms with Crippen LogP contribution < -0.4 is 5.56 Å². The predicted molar refractivity (Wildman–Crippen MR) is 94.7 cm³/mol. The van der Waals surface area contributed by atoms with E-state index in [-0.39, 0.29) is 23.2 Å². The predicted octanol–water partition coefficient (Wildman–Crippen LogP) is 4.57. The Morgan fingerprint density at radius 1 is 1.24 bits per heavy atom. The molecule has 6 heteroatoms. The molecule has 1 fully saturated rings. The molecule has 0 radical (unpaired) electrons. The number of aromatic hydroxyl groups is 1. The van der Waals surface area contributed by atoms with Crippen molar-refractivity contribution in [2.24, 2.45) is 10.2 Å². The summed E-state index contributed by atoms with van der Waals surface area (Å²) < 4.78 is 1.32. The van der Waals surface area contributed by atoms with Gasteiger partial charge in [-0.05, 0) is 44.4 Å². The van der Waals surface area contributed by atoms with E-state index in [1.54, 1.807) is 13.0 Å². The first-order valence-electron chi connectivity index (χ1n) is 8.39. The third-order valence-corrected chi connectivity index (χ3v) is 4.67. The monoisotopic (exact) mass is 336 g/mol. The third-order valence-electron chi connectivity index (χ3n) is 4.67. The zero-order valence-corrected chi connectivity index (χ0v) is 14.4. The van der Waals surface area contributed by atoms with E-state index < -0.39 is 5.56 Å². The molecule has 0 saturated heterocycles. The Balaban J connectivity index is 2.14. The molecule has 0 atom stereocenters. The van der Waals surface area contributed by atoms with Gasteiger partial charge in [-0.3, -0.25) is 9.36 Å². The molecule has 1 aliphatic rings. The Kier molecular flexibility index (Phi) is 4.66. The fourth-order valence-electron chi connectivity index (χ4n) is 3.33. The lowest BCUT2D eigenvalue weighted by atomic mass is 10.1. The number of benzene rings is 1. The normalized spacial score (nSPS) is 14.9. The van der Waals surface area contributed by atoms with Crippen LogP contribution in [-0.4, -0.2) is 9.67 Å². The second-order valence-electron chi connectivity index (χ2n) is 6.44. The van der Waals surface area contributed by atoms with Crippen molar-refractivity contribution < 1.29 is 5.11 Å². The van der Waals surface area contributed by atoms with Crippen LogP contribution in [0.25, 0.3) is 0 Å². The van der Waals surface area contributed by atoms with E-state index in [9.17, 15) is 15.2 Å². The number of aryl methyl sites for hydroxylation is 1. The first-order chi connectivity index (χ1) is 12.0. The number of rotatable bonds is 3. The van der Waals surface area contributed by atoms with Crippen LogP contribution in [0.2, 0.25) is 0 Å². The van der Waals surface area contributed by atoms with Crippen molar-refractivity contribution >= 4 is 11.4 Å². The summed E-state index contributed by atoms with van der Waals surface area (Å²) >= 11 is 0. The van der Waals surface area contributed by atoms with Gasteiger partial charge in [0.15, 0.2) is 5.69 Å². The standard InChI is InChI=1S/C19H20N4O2/c1-12-6-5-7-14(10-12)21-22-17-13(2)16(11-20)18(24)23(19(17)25)15-8-3-4-9-15/h5-7,10,15,24H,3-4,8-9H2,1-2H3. The average Bonchev–Trinajstić information content (AvgIpc) is 3.09. The minimum atomic E-state index is -0.391. The molecule has 1 heterocycles. The zero-order chi connectivity index (χ0) is 18.0. The van der Waals surface area contributed by atoms with Gasteiger partial charge in [-0.2, -0.15) is 10.4 Å². The van der Waals surface area contributed by atoms with Crippen LogP contribution in [0.4, 0.5) is 11.4 Å². The molecule has 0 bridgehead atoms. The van der Waals surface area contributed by atoms with Crippen molar-refractivity contribution in [2.45, 2.75) is 45.6 Å². The minimum Gasteiger partial charge on any atom is -0.493 e. The van der Waals surface area contributed by atoms with E-state index in [4.69, 9.17) is 0 Å². The molecule has 0 spiro atoms. The van der Waals surface area contributed by atoms with E-state index in [1.165, 1.54) is 4.57 Å². The second-order valence-corrected chi connectivity index (χ2v) is 6.44. The zero-order valence-electron chi connectivity index (χ0n) is 14.4. The number of aromatic nitrogens is 1. The highest BCUT2D eigenvalue weighted by Crippen LogP contribution is 2.35. The van der Waals surface area contributed by atoms with Crippen molar-refractivity contribution in [3.63, 3.8) is 0 Å². The average molecular weight is 336 g/mol. The molecular formula is C19H20N4O2. The van der Waals surface area contributed by atoms with E-state index in [1.807, 2.05) is 31.2 Å². The van der Waals surface area contributed by atoms with Crippen LogP contribution in [0.3, 0.4) is 0 Å². The molecule has 1 aliphatic carbocycles. The molecule has 0 unspecified atom stereocenters. The lowest BCUT2D eigenvalue weighted by Crippen LogP contribution is -2.24. The fraction of sp³-hybridized carbons (Fsp3) is 0.368. The second kappa shape index (κ2) is 6.89. The van der Waals surface area contributed by atoms with Gasteiger partial charge in [-0.15, -0.1) is 5.11 Å². The molecule has 1 N–H and O–H groups in total. The van der Waals surface area contributed by atoms with Crippen LogP contribution in [0, 0.1) is 25.2 Å². The highest BCUT2D eigenvalue weighted by atomic mass is 16.3. The number of hydrogen-bond acceptors (Lipinski definition) is 5. The van der Waals surface area contributed by atoms with Gasteiger partial charge in [0, 0.05) is 11.6 Å². The maximum absolute atomic E-state index is 12.9. The third kappa shape index (κ3) is 3.18. The van der Waals surface area contributed by atoms with Crippen LogP contribution in [0.5, 0.6) is 5.88 Å². The van der Waals surface area contributed by atoms with Gasteiger partial charge in [0.1, 0.15) is 11.6 Å². The van der Waals surface area contributed by atoms with Crippen LogP contribution in [0.15, 0.2) is 39.3 Å². The van der Waals surface area contributed by atoms with Gasteiger partial charge in [-0.25, -0.2) is 0 Å². The number of nitrogens with zero attached hydrogens (tertiary/aromatic N) is 4. The fourth-order valence-corrected chi connectivity index (χ4v) is 3.33. The molecule has 1 aromatic heterocycles.